The van der Waals surface area contributed by atoms with Crippen LogP contribution in [0, 0.1) is 0 Å². The van der Waals surface area contributed by atoms with Crippen LogP contribution in [0.5, 0.6) is 5.75 Å². The molecule has 1 aromatic heterocycles. The van der Waals surface area contributed by atoms with E-state index in [1.54, 1.807) is 7.11 Å². The van der Waals surface area contributed by atoms with Crippen LogP contribution >= 0.6 is 0 Å². The first-order chi connectivity index (χ1) is 9.83. The van der Waals surface area contributed by atoms with Gasteiger partial charge < -0.3 is 9.15 Å². The first kappa shape index (κ1) is 14.6. The minimum absolute atomic E-state index is 0.580. The highest BCUT2D eigenvalue weighted by molar-refractivity contribution is 5.53. The molecule has 0 aliphatic rings. The lowest BCUT2D eigenvalue weighted by Gasteiger charge is -1.99. The molecule has 0 radical (unpaired) electrons. The van der Waals surface area contributed by atoms with Gasteiger partial charge in [0.05, 0.1) is 7.11 Å². The van der Waals surface area contributed by atoms with Crippen LogP contribution in [0.3, 0.4) is 0 Å². The van der Waals surface area contributed by atoms with Crippen LogP contribution in [0.25, 0.3) is 11.5 Å². The fourth-order valence-electron chi connectivity index (χ4n) is 2.08. The molecule has 0 spiro atoms. The molecule has 2 aromatic rings. The summed E-state index contributed by atoms with van der Waals surface area (Å²) in [5.74, 6) is 2.13. The molecule has 4 nitrogen and oxygen atoms in total. The van der Waals surface area contributed by atoms with Crippen molar-refractivity contribution in [3.63, 3.8) is 0 Å². The molecule has 0 aliphatic heterocycles. The zero-order valence-corrected chi connectivity index (χ0v) is 12.3. The van der Waals surface area contributed by atoms with Gasteiger partial charge in [0.25, 0.3) is 0 Å². The van der Waals surface area contributed by atoms with E-state index >= 15 is 0 Å². The van der Waals surface area contributed by atoms with Crippen molar-refractivity contribution in [3.05, 3.63) is 30.2 Å². The highest BCUT2D eigenvalue weighted by atomic mass is 16.5. The van der Waals surface area contributed by atoms with Gasteiger partial charge in [-0.3, -0.25) is 0 Å². The molecule has 0 fully saturated rings. The summed E-state index contributed by atoms with van der Waals surface area (Å²) in [7, 11) is 1.65. The molecule has 108 valence electrons. The van der Waals surface area contributed by atoms with Crippen molar-refractivity contribution in [3.8, 4) is 17.2 Å². The summed E-state index contributed by atoms with van der Waals surface area (Å²) in [5.41, 5.74) is 0.926. The summed E-state index contributed by atoms with van der Waals surface area (Å²) < 4.78 is 10.8. The van der Waals surface area contributed by atoms with Crippen molar-refractivity contribution in [2.75, 3.05) is 7.11 Å². The number of benzene rings is 1. The number of rotatable bonds is 8. The molecule has 0 N–H and O–H groups in total. The van der Waals surface area contributed by atoms with E-state index in [2.05, 4.69) is 17.1 Å². The highest BCUT2D eigenvalue weighted by Gasteiger charge is 2.08. The van der Waals surface area contributed by atoms with Crippen molar-refractivity contribution in [1.29, 1.82) is 0 Å². The summed E-state index contributed by atoms with van der Waals surface area (Å²) in [6.07, 6.45) is 7.07. The lowest BCUT2D eigenvalue weighted by Crippen LogP contribution is -1.86. The van der Waals surface area contributed by atoms with Crippen molar-refractivity contribution in [2.45, 2.75) is 45.4 Å². The van der Waals surface area contributed by atoms with E-state index in [1.165, 1.54) is 25.7 Å². The Morgan fingerprint density at radius 2 is 1.75 bits per heavy atom. The fourth-order valence-corrected chi connectivity index (χ4v) is 2.08. The van der Waals surface area contributed by atoms with Crippen molar-refractivity contribution in [2.24, 2.45) is 0 Å². The Labute approximate surface area is 120 Å². The van der Waals surface area contributed by atoms with Crippen LogP contribution in [0.1, 0.15) is 44.9 Å². The zero-order valence-electron chi connectivity index (χ0n) is 12.3. The Morgan fingerprint density at radius 3 is 2.45 bits per heavy atom. The van der Waals surface area contributed by atoms with Gasteiger partial charge in [-0.25, -0.2) is 0 Å². The van der Waals surface area contributed by atoms with Crippen LogP contribution in [-0.2, 0) is 6.42 Å². The third-order valence-electron chi connectivity index (χ3n) is 3.30. The Bertz CT molecular complexity index is 505. The van der Waals surface area contributed by atoms with E-state index < -0.39 is 0 Å². The van der Waals surface area contributed by atoms with Gasteiger partial charge in [0.2, 0.25) is 11.8 Å². The number of hydrogen-bond acceptors (Lipinski definition) is 4. The van der Waals surface area contributed by atoms with Crippen LogP contribution in [-0.4, -0.2) is 17.3 Å². The second-order valence-corrected chi connectivity index (χ2v) is 4.89. The van der Waals surface area contributed by atoms with E-state index in [4.69, 9.17) is 9.15 Å². The Morgan fingerprint density at radius 1 is 1.00 bits per heavy atom. The maximum atomic E-state index is 5.69. The standard InChI is InChI=1S/C16H22N2O2/c1-3-4-5-6-7-8-15-17-18-16(20-15)13-9-11-14(19-2)12-10-13/h9-12H,3-8H2,1-2H3. The number of methoxy groups -OCH3 is 1. The van der Waals surface area contributed by atoms with Crippen LogP contribution in [0.2, 0.25) is 0 Å². The smallest absolute Gasteiger partial charge is 0.247 e. The largest absolute Gasteiger partial charge is 0.497 e. The predicted molar refractivity (Wildman–Crippen MR) is 78.7 cm³/mol. The molecule has 0 unspecified atom stereocenters. The Balaban J connectivity index is 1.87. The molecule has 1 heterocycles. The first-order valence-electron chi connectivity index (χ1n) is 7.30. The van der Waals surface area contributed by atoms with Crippen LogP contribution in [0.4, 0.5) is 0 Å². The second kappa shape index (κ2) is 7.68. The molecular formula is C16H22N2O2. The van der Waals surface area contributed by atoms with Crippen molar-refractivity contribution < 1.29 is 9.15 Å². The molecule has 0 bridgehead atoms. The van der Waals surface area contributed by atoms with E-state index in [1.807, 2.05) is 24.3 Å². The van der Waals surface area contributed by atoms with Gasteiger partial charge in [-0.2, -0.15) is 0 Å². The van der Waals surface area contributed by atoms with E-state index in [0.29, 0.717) is 5.89 Å². The first-order valence-corrected chi connectivity index (χ1v) is 7.30. The summed E-state index contributed by atoms with van der Waals surface area (Å²) in [4.78, 5) is 0. The lowest BCUT2D eigenvalue weighted by atomic mass is 10.1. The van der Waals surface area contributed by atoms with Crippen molar-refractivity contribution >= 4 is 0 Å². The van der Waals surface area contributed by atoms with Gasteiger partial charge in [-0.15, -0.1) is 10.2 Å². The normalized spacial score (nSPS) is 10.7. The van der Waals surface area contributed by atoms with Gasteiger partial charge in [-0.1, -0.05) is 32.6 Å². The van der Waals surface area contributed by atoms with E-state index in [9.17, 15) is 0 Å². The molecule has 20 heavy (non-hydrogen) atoms. The number of ether oxygens (including phenoxy) is 1. The predicted octanol–water partition coefficient (Wildman–Crippen LogP) is 4.26. The molecule has 0 saturated heterocycles. The minimum Gasteiger partial charge on any atom is -0.497 e. The molecular weight excluding hydrogens is 252 g/mol. The summed E-state index contributed by atoms with van der Waals surface area (Å²) in [6, 6.07) is 7.64. The van der Waals surface area contributed by atoms with E-state index in [0.717, 1.165) is 30.0 Å². The van der Waals surface area contributed by atoms with Crippen LogP contribution < -0.4 is 4.74 Å². The molecule has 2 rings (SSSR count). The monoisotopic (exact) mass is 274 g/mol. The minimum atomic E-state index is 0.580. The third kappa shape index (κ3) is 4.08. The highest BCUT2D eigenvalue weighted by Crippen LogP contribution is 2.21. The third-order valence-corrected chi connectivity index (χ3v) is 3.30. The molecule has 4 heteroatoms. The SMILES string of the molecule is CCCCCCCc1nnc(-c2ccc(OC)cc2)o1. The summed E-state index contributed by atoms with van der Waals surface area (Å²) in [6.45, 7) is 2.22. The quantitative estimate of drug-likeness (QED) is 0.675. The fraction of sp³-hybridized carbons (Fsp3) is 0.500. The summed E-state index contributed by atoms with van der Waals surface area (Å²) >= 11 is 0. The number of unbranched alkanes of at least 4 members (excludes halogenated alkanes) is 4. The van der Waals surface area contributed by atoms with Gasteiger partial charge in [-0.05, 0) is 30.7 Å². The van der Waals surface area contributed by atoms with Gasteiger partial charge in [0.1, 0.15) is 5.75 Å². The summed E-state index contributed by atoms with van der Waals surface area (Å²) in [5, 5.41) is 8.20. The maximum absolute atomic E-state index is 5.69. The molecule has 0 amide bonds. The lowest BCUT2D eigenvalue weighted by molar-refractivity contribution is 0.415. The average Bonchev–Trinajstić information content (AvgIpc) is 2.96. The van der Waals surface area contributed by atoms with Gasteiger partial charge in [0, 0.05) is 12.0 Å². The number of nitrogens with zero attached hydrogens (tertiary/aromatic N) is 2. The zero-order chi connectivity index (χ0) is 14.2. The van der Waals surface area contributed by atoms with Crippen molar-refractivity contribution in [1.82, 2.24) is 10.2 Å². The maximum Gasteiger partial charge on any atom is 0.247 e. The Kier molecular flexibility index (Phi) is 5.59. The molecule has 1 aromatic carbocycles. The number of aromatic nitrogens is 2. The average molecular weight is 274 g/mol. The van der Waals surface area contributed by atoms with E-state index in [-0.39, 0.29) is 0 Å². The second-order valence-electron chi connectivity index (χ2n) is 4.89. The molecule has 0 aliphatic carbocycles. The number of hydrogen-bond donors (Lipinski definition) is 0. The van der Waals surface area contributed by atoms with Gasteiger partial charge >= 0.3 is 0 Å². The number of aryl methyl sites for hydroxylation is 1. The Hall–Kier alpha value is -1.84. The molecule has 0 atom stereocenters. The molecule has 0 saturated carbocycles. The van der Waals surface area contributed by atoms with Crippen LogP contribution in [0.15, 0.2) is 28.7 Å². The van der Waals surface area contributed by atoms with Gasteiger partial charge in [0.15, 0.2) is 0 Å². The topological polar surface area (TPSA) is 48.2 Å².